The van der Waals surface area contributed by atoms with Gasteiger partial charge in [-0.3, -0.25) is 9.59 Å². The van der Waals surface area contributed by atoms with E-state index in [2.05, 4.69) is 0 Å². The van der Waals surface area contributed by atoms with Crippen LogP contribution in [0.4, 0.5) is 0 Å². The van der Waals surface area contributed by atoms with Crippen molar-refractivity contribution in [2.45, 2.75) is 18.7 Å². The summed E-state index contributed by atoms with van der Waals surface area (Å²) in [5.41, 5.74) is 0.182. The summed E-state index contributed by atoms with van der Waals surface area (Å²) < 4.78 is 26.5. The minimum atomic E-state index is -3.77. The normalized spacial score (nSPS) is 13.8. The molecule has 0 atom stereocenters. The molecule has 0 bridgehead atoms. The molecule has 0 radical (unpaired) electrons. The molecule has 0 fully saturated rings. The number of rotatable bonds is 6. The number of hydroxylamine groups is 2. The molecule has 2 amide bonds. The molecule has 1 aliphatic rings. The van der Waals surface area contributed by atoms with Crippen LogP contribution >= 0.6 is 0 Å². The molecule has 0 saturated carbocycles. The third-order valence-electron chi connectivity index (χ3n) is 4.34. The Labute approximate surface area is 162 Å². The van der Waals surface area contributed by atoms with Crippen LogP contribution in [0.3, 0.4) is 0 Å². The Morgan fingerprint density at radius 1 is 0.964 bits per heavy atom. The van der Waals surface area contributed by atoms with E-state index in [-0.39, 0.29) is 34.7 Å². The highest BCUT2D eigenvalue weighted by Gasteiger charge is 2.39. The largest absolute Gasteiger partial charge is 0.363 e. The number of imide groups is 1. The van der Waals surface area contributed by atoms with Crippen molar-refractivity contribution >= 4 is 27.8 Å². The molecule has 0 aromatic heterocycles. The van der Waals surface area contributed by atoms with Crippen molar-refractivity contribution in [3.63, 3.8) is 0 Å². The molecular formula is C19H18N2O6S. The number of fused-ring (bicyclic) bond motifs is 1. The van der Waals surface area contributed by atoms with Crippen LogP contribution in [0.5, 0.6) is 0 Å². The van der Waals surface area contributed by atoms with Crippen molar-refractivity contribution in [1.82, 2.24) is 9.37 Å². The Hall–Kier alpha value is -3.04. The fourth-order valence-electron chi connectivity index (χ4n) is 2.88. The summed E-state index contributed by atoms with van der Waals surface area (Å²) in [6.45, 7) is 3.98. The molecule has 146 valence electrons. The first kappa shape index (κ1) is 19.7. The number of benzene rings is 2. The lowest BCUT2D eigenvalue weighted by Crippen LogP contribution is -2.33. The van der Waals surface area contributed by atoms with Gasteiger partial charge in [0.1, 0.15) is 0 Å². The second-order valence-electron chi connectivity index (χ2n) is 5.95. The Kier molecular flexibility index (Phi) is 5.30. The number of amides is 2. The number of carbonyl (C=O) groups is 3. The first-order valence-corrected chi connectivity index (χ1v) is 10.1. The van der Waals surface area contributed by atoms with Crippen LogP contribution in [-0.4, -0.2) is 48.7 Å². The third-order valence-corrected chi connectivity index (χ3v) is 6.39. The van der Waals surface area contributed by atoms with Crippen LogP contribution in [0.1, 0.15) is 44.9 Å². The number of carbonyl (C=O) groups excluding carboxylic acids is 3. The van der Waals surface area contributed by atoms with Gasteiger partial charge >= 0.3 is 5.97 Å². The maximum atomic E-state index is 12.6. The van der Waals surface area contributed by atoms with Crippen LogP contribution in [0.15, 0.2) is 53.4 Å². The zero-order valence-corrected chi connectivity index (χ0v) is 16.1. The topological polar surface area (TPSA) is 101 Å². The average molecular weight is 402 g/mol. The van der Waals surface area contributed by atoms with E-state index < -0.39 is 27.8 Å². The van der Waals surface area contributed by atoms with Crippen LogP contribution < -0.4 is 0 Å². The monoisotopic (exact) mass is 402 g/mol. The summed E-state index contributed by atoms with van der Waals surface area (Å²) in [5.74, 6) is -2.51. The Bertz CT molecular complexity index is 1020. The SMILES string of the molecule is CCN(CC)S(=O)(=O)c1cccc(C(=O)ON2C(=O)c3ccccc3C2=O)c1. The average Bonchev–Trinajstić information content (AvgIpc) is 2.94. The summed E-state index contributed by atoms with van der Waals surface area (Å²) in [7, 11) is -3.77. The molecule has 0 unspecified atom stereocenters. The van der Waals surface area contributed by atoms with Gasteiger partial charge in [0, 0.05) is 13.1 Å². The molecule has 8 nitrogen and oxygen atoms in total. The molecule has 9 heteroatoms. The van der Waals surface area contributed by atoms with E-state index in [1.807, 2.05) is 0 Å². The molecule has 0 saturated heterocycles. The maximum Gasteiger partial charge on any atom is 0.363 e. The number of sulfonamides is 1. The standard InChI is InChI=1S/C19H18N2O6S/c1-3-20(4-2)28(25,26)14-9-7-8-13(12-14)19(24)27-21-17(22)15-10-5-6-11-16(15)18(21)23/h5-12H,3-4H2,1-2H3. The minimum Gasteiger partial charge on any atom is -0.324 e. The lowest BCUT2D eigenvalue weighted by Gasteiger charge is -2.19. The van der Waals surface area contributed by atoms with Gasteiger partial charge in [0.05, 0.1) is 21.6 Å². The van der Waals surface area contributed by atoms with Crippen molar-refractivity contribution in [2.75, 3.05) is 13.1 Å². The van der Waals surface area contributed by atoms with Gasteiger partial charge in [-0.05, 0) is 30.3 Å². The summed E-state index contributed by atoms with van der Waals surface area (Å²) in [5, 5.41) is 0.387. The van der Waals surface area contributed by atoms with Crippen LogP contribution in [0, 0.1) is 0 Å². The zero-order chi connectivity index (χ0) is 20.5. The van der Waals surface area contributed by atoms with Gasteiger partial charge in [-0.1, -0.05) is 37.1 Å². The van der Waals surface area contributed by atoms with E-state index >= 15 is 0 Å². The molecule has 3 rings (SSSR count). The van der Waals surface area contributed by atoms with E-state index in [0.29, 0.717) is 5.06 Å². The van der Waals surface area contributed by atoms with Gasteiger partial charge in [0.25, 0.3) is 11.8 Å². The number of nitrogens with zero attached hydrogens (tertiary/aromatic N) is 2. The zero-order valence-electron chi connectivity index (χ0n) is 15.3. The molecule has 2 aromatic rings. The quantitative estimate of drug-likeness (QED) is 0.686. The van der Waals surface area contributed by atoms with Crippen molar-refractivity contribution in [1.29, 1.82) is 0 Å². The predicted octanol–water partition coefficient (Wildman–Crippen LogP) is 2.09. The highest BCUT2D eigenvalue weighted by molar-refractivity contribution is 7.89. The van der Waals surface area contributed by atoms with Gasteiger partial charge in [-0.15, -0.1) is 0 Å². The summed E-state index contributed by atoms with van der Waals surface area (Å²) in [6.07, 6.45) is 0. The Morgan fingerprint density at radius 2 is 1.54 bits per heavy atom. The molecule has 0 aliphatic carbocycles. The molecule has 0 spiro atoms. The van der Waals surface area contributed by atoms with Crippen molar-refractivity contribution in [3.05, 3.63) is 65.2 Å². The van der Waals surface area contributed by atoms with E-state index in [4.69, 9.17) is 4.84 Å². The van der Waals surface area contributed by atoms with E-state index in [0.717, 1.165) is 6.07 Å². The summed E-state index contributed by atoms with van der Waals surface area (Å²) >= 11 is 0. The van der Waals surface area contributed by atoms with Crippen LogP contribution in [0.2, 0.25) is 0 Å². The summed E-state index contributed by atoms with van der Waals surface area (Å²) in [4.78, 5) is 41.9. The van der Waals surface area contributed by atoms with E-state index in [1.165, 1.54) is 34.6 Å². The molecule has 1 heterocycles. The van der Waals surface area contributed by atoms with Crippen LogP contribution in [-0.2, 0) is 14.9 Å². The number of hydrogen-bond acceptors (Lipinski definition) is 6. The molecule has 1 aliphatic heterocycles. The van der Waals surface area contributed by atoms with Crippen molar-refractivity contribution in [2.24, 2.45) is 0 Å². The maximum absolute atomic E-state index is 12.6. The van der Waals surface area contributed by atoms with Crippen molar-refractivity contribution < 1.29 is 27.6 Å². The molecule has 2 aromatic carbocycles. The first-order valence-electron chi connectivity index (χ1n) is 8.61. The molecule has 0 N–H and O–H groups in total. The fourth-order valence-corrected chi connectivity index (χ4v) is 4.39. The minimum absolute atomic E-state index is 0.0759. The lowest BCUT2D eigenvalue weighted by molar-refractivity contribution is -0.0584. The Balaban J connectivity index is 1.85. The van der Waals surface area contributed by atoms with Gasteiger partial charge in [0.15, 0.2) is 0 Å². The van der Waals surface area contributed by atoms with Gasteiger partial charge < -0.3 is 4.84 Å². The fraction of sp³-hybridized carbons (Fsp3) is 0.211. The smallest absolute Gasteiger partial charge is 0.324 e. The first-order chi connectivity index (χ1) is 13.3. The van der Waals surface area contributed by atoms with E-state index in [9.17, 15) is 22.8 Å². The lowest BCUT2D eigenvalue weighted by atomic mass is 10.1. The molecular weight excluding hydrogens is 384 g/mol. The second kappa shape index (κ2) is 7.53. The van der Waals surface area contributed by atoms with E-state index in [1.54, 1.807) is 26.0 Å². The van der Waals surface area contributed by atoms with Crippen molar-refractivity contribution in [3.8, 4) is 0 Å². The molecule has 28 heavy (non-hydrogen) atoms. The highest BCUT2D eigenvalue weighted by atomic mass is 32.2. The Morgan fingerprint density at radius 3 is 2.07 bits per heavy atom. The highest BCUT2D eigenvalue weighted by Crippen LogP contribution is 2.24. The predicted molar refractivity (Wildman–Crippen MR) is 98.9 cm³/mol. The van der Waals surface area contributed by atoms with Gasteiger partial charge in [0.2, 0.25) is 10.0 Å². The third kappa shape index (κ3) is 3.30. The van der Waals surface area contributed by atoms with Crippen LogP contribution in [0.25, 0.3) is 0 Å². The number of hydrogen-bond donors (Lipinski definition) is 0. The van der Waals surface area contributed by atoms with Gasteiger partial charge in [-0.2, -0.15) is 4.31 Å². The van der Waals surface area contributed by atoms with Gasteiger partial charge in [-0.25, -0.2) is 13.2 Å². The second-order valence-corrected chi connectivity index (χ2v) is 7.88. The summed E-state index contributed by atoms with van der Waals surface area (Å²) in [6, 6.07) is 11.4.